The van der Waals surface area contributed by atoms with Crippen molar-refractivity contribution in [3.05, 3.63) is 46.2 Å². The molecule has 0 bridgehead atoms. The zero-order valence-electron chi connectivity index (χ0n) is 15.7. The SMILES string of the molecule is COc1cccc2nn3c(c12)-c1cc(=O)c(C(=O)O)cn1[C@@H](C(C)(C)C)C3. The lowest BCUT2D eigenvalue weighted by atomic mass is 9.85. The van der Waals surface area contributed by atoms with E-state index in [4.69, 9.17) is 9.84 Å². The maximum Gasteiger partial charge on any atom is 0.341 e. The minimum atomic E-state index is -1.22. The van der Waals surface area contributed by atoms with Crippen LogP contribution in [0.3, 0.4) is 0 Å². The monoisotopic (exact) mass is 367 g/mol. The maximum atomic E-state index is 12.5. The minimum Gasteiger partial charge on any atom is -0.496 e. The lowest BCUT2D eigenvalue weighted by molar-refractivity contribution is 0.0693. The summed E-state index contributed by atoms with van der Waals surface area (Å²) in [6.45, 7) is 6.85. The van der Waals surface area contributed by atoms with Crippen molar-refractivity contribution in [1.82, 2.24) is 14.3 Å². The first-order valence-electron chi connectivity index (χ1n) is 8.75. The van der Waals surface area contributed by atoms with Gasteiger partial charge in [0.1, 0.15) is 11.3 Å². The molecule has 2 aromatic heterocycles. The molecule has 0 saturated carbocycles. The van der Waals surface area contributed by atoms with Crippen LogP contribution in [0.1, 0.15) is 37.2 Å². The zero-order valence-corrected chi connectivity index (χ0v) is 15.7. The number of rotatable bonds is 2. The molecule has 0 aliphatic carbocycles. The van der Waals surface area contributed by atoms with E-state index >= 15 is 0 Å². The number of methoxy groups -OCH3 is 1. The molecule has 27 heavy (non-hydrogen) atoms. The Bertz CT molecular complexity index is 1130. The Morgan fingerprint density at radius 1 is 1.33 bits per heavy atom. The van der Waals surface area contributed by atoms with Gasteiger partial charge in [0.05, 0.1) is 42.0 Å². The van der Waals surface area contributed by atoms with Crippen molar-refractivity contribution in [1.29, 1.82) is 0 Å². The van der Waals surface area contributed by atoms with Gasteiger partial charge in [0.2, 0.25) is 0 Å². The largest absolute Gasteiger partial charge is 0.496 e. The Labute approximate surface area is 155 Å². The molecular weight excluding hydrogens is 346 g/mol. The molecule has 3 heterocycles. The first-order chi connectivity index (χ1) is 12.7. The summed E-state index contributed by atoms with van der Waals surface area (Å²) in [5, 5.41) is 15.0. The summed E-state index contributed by atoms with van der Waals surface area (Å²) >= 11 is 0. The molecule has 1 N–H and O–H groups in total. The molecular formula is C20H21N3O4. The lowest BCUT2D eigenvalue weighted by Gasteiger charge is -2.38. The molecule has 7 heteroatoms. The topological polar surface area (TPSA) is 86.3 Å². The molecule has 7 nitrogen and oxygen atoms in total. The first-order valence-corrected chi connectivity index (χ1v) is 8.75. The summed E-state index contributed by atoms with van der Waals surface area (Å²) in [6, 6.07) is 6.99. The molecule has 3 aromatic rings. The van der Waals surface area contributed by atoms with Crippen LogP contribution in [0.5, 0.6) is 5.75 Å². The van der Waals surface area contributed by atoms with Crippen molar-refractivity contribution in [3.63, 3.8) is 0 Å². The molecule has 0 radical (unpaired) electrons. The fourth-order valence-corrected chi connectivity index (χ4v) is 3.81. The number of fused-ring (bicyclic) bond motifs is 5. The third kappa shape index (κ3) is 2.53. The summed E-state index contributed by atoms with van der Waals surface area (Å²) in [4.78, 5) is 24.0. The maximum absolute atomic E-state index is 12.5. The zero-order chi connectivity index (χ0) is 19.5. The lowest BCUT2D eigenvalue weighted by Crippen LogP contribution is -2.35. The fourth-order valence-electron chi connectivity index (χ4n) is 3.81. The number of benzene rings is 1. The van der Waals surface area contributed by atoms with Crippen molar-refractivity contribution in [2.45, 2.75) is 33.4 Å². The van der Waals surface area contributed by atoms with Gasteiger partial charge in [-0.3, -0.25) is 9.48 Å². The van der Waals surface area contributed by atoms with Gasteiger partial charge in [-0.2, -0.15) is 5.10 Å². The predicted molar refractivity (Wildman–Crippen MR) is 101 cm³/mol. The number of carbonyl (C=O) groups is 1. The Hall–Kier alpha value is -3.09. The van der Waals surface area contributed by atoms with E-state index in [2.05, 4.69) is 20.8 Å². The number of hydrogen-bond acceptors (Lipinski definition) is 4. The molecule has 1 aliphatic heterocycles. The highest BCUT2D eigenvalue weighted by Gasteiger charge is 2.35. The molecule has 0 saturated heterocycles. The Morgan fingerprint density at radius 2 is 2.07 bits per heavy atom. The smallest absolute Gasteiger partial charge is 0.341 e. The third-order valence-electron chi connectivity index (χ3n) is 5.18. The van der Waals surface area contributed by atoms with Crippen LogP contribution in [0.15, 0.2) is 35.3 Å². The average Bonchev–Trinajstić information content (AvgIpc) is 2.98. The Morgan fingerprint density at radius 3 is 2.70 bits per heavy atom. The van der Waals surface area contributed by atoms with E-state index in [1.807, 2.05) is 27.4 Å². The van der Waals surface area contributed by atoms with Gasteiger partial charge in [-0.15, -0.1) is 0 Å². The van der Waals surface area contributed by atoms with Crippen LogP contribution in [-0.2, 0) is 6.54 Å². The van der Waals surface area contributed by atoms with Crippen LogP contribution in [0, 0.1) is 5.41 Å². The van der Waals surface area contributed by atoms with Crippen LogP contribution in [0.2, 0.25) is 0 Å². The van der Waals surface area contributed by atoms with Crippen molar-refractivity contribution in [2.24, 2.45) is 5.41 Å². The molecule has 1 aliphatic rings. The number of aromatic nitrogens is 3. The number of carboxylic acid groups (broad SMARTS) is 1. The van der Waals surface area contributed by atoms with Gasteiger partial charge in [-0.25, -0.2) is 4.79 Å². The van der Waals surface area contributed by atoms with Crippen molar-refractivity contribution < 1.29 is 14.6 Å². The summed E-state index contributed by atoms with van der Waals surface area (Å²) in [5.74, 6) is -0.547. The third-order valence-corrected chi connectivity index (χ3v) is 5.18. The van der Waals surface area contributed by atoms with Gasteiger partial charge in [-0.05, 0) is 17.5 Å². The summed E-state index contributed by atoms with van der Waals surface area (Å²) < 4.78 is 9.33. The molecule has 0 spiro atoms. The summed E-state index contributed by atoms with van der Waals surface area (Å²) in [6.07, 6.45) is 1.47. The number of pyridine rings is 1. The van der Waals surface area contributed by atoms with E-state index in [0.717, 1.165) is 16.6 Å². The first kappa shape index (κ1) is 17.3. The van der Waals surface area contributed by atoms with E-state index in [1.165, 1.54) is 12.3 Å². The molecule has 140 valence electrons. The number of aromatic carboxylic acids is 1. The van der Waals surface area contributed by atoms with Gasteiger partial charge < -0.3 is 14.4 Å². The number of ether oxygens (including phenoxy) is 1. The van der Waals surface area contributed by atoms with Crippen molar-refractivity contribution >= 4 is 16.9 Å². The average molecular weight is 367 g/mol. The number of nitrogens with zero attached hydrogens (tertiary/aromatic N) is 3. The van der Waals surface area contributed by atoms with Gasteiger partial charge in [0.25, 0.3) is 0 Å². The fraction of sp³-hybridized carbons (Fsp3) is 0.350. The van der Waals surface area contributed by atoms with E-state index < -0.39 is 11.4 Å². The highest BCUT2D eigenvalue weighted by Crippen LogP contribution is 2.43. The summed E-state index contributed by atoms with van der Waals surface area (Å²) in [7, 11) is 1.60. The van der Waals surface area contributed by atoms with Crippen LogP contribution < -0.4 is 10.2 Å². The van der Waals surface area contributed by atoms with Gasteiger partial charge in [0.15, 0.2) is 5.43 Å². The van der Waals surface area contributed by atoms with Crippen LogP contribution in [0.25, 0.3) is 22.3 Å². The second kappa shape index (κ2) is 5.70. The van der Waals surface area contributed by atoms with E-state index in [1.54, 1.807) is 7.11 Å². The molecule has 1 atom stereocenters. The molecule has 0 amide bonds. The van der Waals surface area contributed by atoms with Crippen molar-refractivity contribution in [2.75, 3.05) is 7.11 Å². The highest BCUT2D eigenvalue weighted by molar-refractivity contribution is 5.98. The summed E-state index contributed by atoms with van der Waals surface area (Å²) in [5.41, 5.74) is 1.30. The van der Waals surface area contributed by atoms with Crippen molar-refractivity contribution in [3.8, 4) is 17.1 Å². The second-order valence-corrected chi connectivity index (χ2v) is 7.92. The van der Waals surface area contributed by atoms with E-state index in [-0.39, 0.29) is 17.0 Å². The molecule has 1 aromatic carbocycles. The predicted octanol–water partition coefficient (Wildman–Crippen LogP) is 3.17. The van der Waals surface area contributed by atoms with Gasteiger partial charge in [-0.1, -0.05) is 26.8 Å². The van der Waals surface area contributed by atoms with Gasteiger partial charge in [0, 0.05) is 12.3 Å². The quantitative estimate of drug-likeness (QED) is 0.752. The Balaban J connectivity index is 2.12. The molecule has 4 rings (SSSR count). The standard InChI is InChI=1S/C20H21N3O4/c1-20(2,3)16-10-23-18(17-12(21-23)6-5-7-15(17)27-4)13-8-14(24)11(19(25)26)9-22(13)16/h5-9,16H,10H2,1-4H3,(H,25,26)/t16-/m1/s1. The molecule has 0 unspecified atom stereocenters. The normalized spacial score (nSPS) is 16.1. The Kier molecular flexibility index (Phi) is 3.66. The number of carboxylic acids is 1. The van der Waals surface area contributed by atoms with E-state index in [9.17, 15) is 14.7 Å². The highest BCUT2D eigenvalue weighted by atomic mass is 16.5. The molecule has 0 fully saturated rings. The second-order valence-electron chi connectivity index (χ2n) is 7.92. The van der Waals surface area contributed by atoms with Gasteiger partial charge >= 0.3 is 5.97 Å². The van der Waals surface area contributed by atoms with Crippen LogP contribution in [-0.4, -0.2) is 32.5 Å². The minimum absolute atomic E-state index is 0.0565. The van der Waals surface area contributed by atoms with Crippen LogP contribution in [0.4, 0.5) is 0 Å². The van der Waals surface area contributed by atoms with E-state index in [0.29, 0.717) is 18.0 Å². The number of hydrogen-bond donors (Lipinski definition) is 1. The van der Waals surface area contributed by atoms with Crippen LogP contribution >= 0.6 is 0 Å².